The van der Waals surface area contributed by atoms with Crippen molar-refractivity contribution in [3.8, 4) is 0 Å². The second kappa shape index (κ2) is 7.17. The Bertz CT molecular complexity index is 335. The minimum Gasteiger partial charge on any atom is -0.313 e. The zero-order valence-corrected chi connectivity index (χ0v) is 12.9. The summed E-state index contributed by atoms with van der Waals surface area (Å²) in [7, 11) is 2.05. The van der Waals surface area contributed by atoms with Crippen LogP contribution >= 0.6 is 15.9 Å². The Morgan fingerprint density at radius 2 is 1.88 bits per heavy atom. The molecule has 0 aliphatic carbocycles. The van der Waals surface area contributed by atoms with Crippen LogP contribution in [0, 0.1) is 11.8 Å². The van der Waals surface area contributed by atoms with Crippen LogP contribution in [0.4, 0.5) is 0 Å². The van der Waals surface area contributed by atoms with Crippen molar-refractivity contribution in [2.24, 2.45) is 11.8 Å². The van der Waals surface area contributed by atoms with Gasteiger partial charge in [0.25, 0.3) is 0 Å². The average Bonchev–Trinajstić information content (AvgIpc) is 2.24. The van der Waals surface area contributed by atoms with Crippen LogP contribution < -0.4 is 5.32 Å². The van der Waals surface area contributed by atoms with Gasteiger partial charge in [-0.25, -0.2) is 0 Å². The van der Waals surface area contributed by atoms with E-state index >= 15 is 0 Å². The lowest BCUT2D eigenvalue weighted by molar-refractivity contribution is 0.366. The lowest BCUT2D eigenvalue weighted by Crippen LogP contribution is -2.19. The Morgan fingerprint density at radius 1 is 1.18 bits per heavy atom. The number of rotatable bonds is 6. The zero-order valence-electron chi connectivity index (χ0n) is 11.3. The molecule has 0 spiro atoms. The molecule has 1 N–H and O–H groups in total. The summed E-state index contributed by atoms with van der Waals surface area (Å²) in [5.41, 5.74) is 1.37. The van der Waals surface area contributed by atoms with Gasteiger partial charge in [0.1, 0.15) is 0 Å². The number of hydrogen-bond donors (Lipinski definition) is 1. The van der Waals surface area contributed by atoms with Crippen molar-refractivity contribution in [3.05, 3.63) is 34.3 Å². The first-order valence-corrected chi connectivity index (χ1v) is 7.25. The van der Waals surface area contributed by atoms with Gasteiger partial charge in [-0.05, 0) is 49.4 Å². The molecule has 0 amide bonds. The molecule has 0 bridgehead atoms. The lowest BCUT2D eigenvalue weighted by atomic mass is 9.90. The fraction of sp³-hybridized carbons (Fsp3) is 0.600. The van der Waals surface area contributed by atoms with Crippen molar-refractivity contribution in [2.45, 2.75) is 39.7 Å². The Morgan fingerprint density at radius 3 is 2.41 bits per heavy atom. The van der Waals surface area contributed by atoms with Crippen molar-refractivity contribution in [1.82, 2.24) is 5.32 Å². The monoisotopic (exact) mass is 297 g/mol. The van der Waals surface area contributed by atoms with Gasteiger partial charge in [0, 0.05) is 10.5 Å². The van der Waals surface area contributed by atoms with Crippen LogP contribution in [-0.4, -0.2) is 7.05 Å². The van der Waals surface area contributed by atoms with E-state index in [1.54, 1.807) is 0 Å². The molecule has 0 aliphatic heterocycles. The van der Waals surface area contributed by atoms with Crippen LogP contribution in [0.15, 0.2) is 28.7 Å². The number of benzene rings is 1. The maximum absolute atomic E-state index is 3.54. The second-order valence-electron chi connectivity index (χ2n) is 5.37. The Balaban J connectivity index is 2.65. The molecule has 0 saturated carbocycles. The summed E-state index contributed by atoms with van der Waals surface area (Å²) in [6.07, 6.45) is 2.50. The standard InChI is InChI=1S/C15H24BrN/c1-11(2)8-12(3)9-15(17-4)13-6-5-7-14(16)10-13/h5-7,10-12,15,17H,8-9H2,1-4H3. The van der Waals surface area contributed by atoms with Crippen molar-refractivity contribution in [2.75, 3.05) is 7.05 Å². The minimum atomic E-state index is 0.459. The van der Waals surface area contributed by atoms with Gasteiger partial charge in [-0.1, -0.05) is 48.8 Å². The summed E-state index contributed by atoms with van der Waals surface area (Å²) < 4.78 is 1.16. The Labute approximate surface area is 114 Å². The Hall–Kier alpha value is -0.340. The Kier molecular flexibility index (Phi) is 6.21. The minimum absolute atomic E-state index is 0.459. The molecular weight excluding hydrogens is 274 g/mol. The van der Waals surface area contributed by atoms with Gasteiger partial charge in [-0.15, -0.1) is 0 Å². The normalized spacial score (nSPS) is 14.9. The van der Waals surface area contributed by atoms with Crippen LogP contribution in [0.25, 0.3) is 0 Å². The van der Waals surface area contributed by atoms with E-state index in [1.807, 2.05) is 7.05 Å². The van der Waals surface area contributed by atoms with E-state index in [2.05, 4.69) is 66.3 Å². The molecule has 1 aromatic carbocycles. The van der Waals surface area contributed by atoms with E-state index in [-0.39, 0.29) is 0 Å². The van der Waals surface area contributed by atoms with E-state index in [0.717, 1.165) is 16.3 Å². The fourth-order valence-electron chi connectivity index (χ4n) is 2.45. The molecule has 96 valence electrons. The third-order valence-corrected chi connectivity index (χ3v) is 3.60. The second-order valence-corrected chi connectivity index (χ2v) is 6.28. The van der Waals surface area contributed by atoms with Crippen molar-refractivity contribution in [3.63, 3.8) is 0 Å². The highest BCUT2D eigenvalue weighted by Crippen LogP contribution is 2.26. The predicted octanol–water partition coefficient (Wildman–Crippen LogP) is 4.78. The van der Waals surface area contributed by atoms with Gasteiger partial charge >= 0.3 is 0 Å². The predicted molar refractivity (Wildman–Crippen MR) is 79.2 cm³/mol. The highest BCUT2D eigenvalue weighted by Gasteiger charge is 2.14. The van der Waals surface area contributed by atoms with Crippen LogP contribution in [-0.2, 0) is 0 Å². The van der Waals surface area contributed by atoms with Crippen LogP contribution in [0.3, 0.4) is 0 Å². The van der Waals surface area contributed by atoms with Gasteiger partial charge in [0.2, 0.25) is 0 Å². The summed E-state index contributed by atoms with van der Waals surface area (Å²) in [4.78, 5) is 0. The number of halogens is 1. The molecule has 0 aromatic heterocycles. The topological polar surface area (TPSA) is 12.0 Å². The average molecular weight is 298 g/mol. The summed E-state index contributed by atoms with van der Waals surface area (Å²) in [5.74, 6) is 1.54. The molecule has 2 unspecified atom stereocenters. The van der Waals surface area contributed by atoms with Gasteiger partial charge in [0.05, 0.1) is 0 Å². The van der Waals surface area contributed by atoms with Gasteiger partial charge in [0.15, 0.2) is 0 Å². The van der Waals surface area contributed by atoms with Crippen LogP contribution in [0.5, 0.6) is 0 Å². The maximum atomic E-state index is 3.54. The number of hydrogen-bond acceptors (Lipinski definition) is 1. The summed E-state index contributed by atoms with van der Waals surface area (Å²) in [5, 5.41) is 3.43. The molecule has 1 rings (SSSR count). The SMILES string of the molecule is CNC(CC(C)CC(C)C)c1cccc(Br)c1. The van der Waals surface area contributed by atoms with E-state index in [0.29, 0.717) is 6.04 Å². The van der Waals surface area contributed by atoms with Gasteiger partial charge in [-0.2, -0.15) is 0 Å². The first kappa shape index (κ1) is 14.7. The van der Waals surface area contributed by atoms with E-state index in [9.17, 15) is 0 Å². The highest BCUT2D eigenvalue weighted by atomic mass is 79.9. The van der Waals surface area contributed by atoms with Crippen molar-refractivity contribution < 1.29 is 0 Å². The third-order valence-electron chi connectivity index (χ3n) is 3.11. The zero-order chi connectivity index (χ0) is 12.8. The fourth-order valence-corrected chi connectivity index (χ4v) is 2.86. The van der Waals surface area contributed by atoms with Crippen LogP contribution in [0.1, 0.15) is 45.2 Å². The summed E-state index contributed by atoms with van der Waals surface area (Å²) in [6, 6.07) is 9.06. The molecule has 2 atom stereocenters. The summed E-state index contributed by atoms with van der Waals surface area (Å²) >= 11 is 3.54. The molecule has 0 saturated heterocycles. The summed E-state index contributed by atoms with van der Waals surface area (Å²) in [6.45, 7) is 6.94. The molecule has 1 aromatic rings. The molecule has 0 fully saturated rings. The van der Waals surface area contributed by atoms with Crippen molar-refractivity contribution >= 4 is 15.9 Å². The first-order chi connectivity index (χ1) is 8.02. The van der Waals surface area contributed by atoms with Crippen LogP contribution in [0.2, 0.25) is 0 Å². The number of nitrogens with one attached hydrogen (secondary N) is 1. The smallest absolute Gasteiger partial charge is 0.0320 e. The van der Waals surface area contributed by atoms with E-state index < -0.39 is 0 Å². The highest BCUT2D eigenvalue weighted by molar-refractivity contribution is 9.10. The third kappa shape index (κ3) is 5.22. The molecule has 0 aliphatic rings. The lowest BCUT2D eigenvalue weighted by Gasteiger charge is -2.22. The quantitative estimate of drug-likeness (QED) is 0.797. The molecule has 0 heterocycles. The van der Waals surface area contributed by atoms with E-state index in [1.165, 1.54) is 18.4 Å². The van der Waals surface area contributed by atoms with E-state index in [4.69, 9.17) is 0 Å². The van der Waals surface area contributed by atoms with Crippen molar-refractivity contribution in [1.29, 1.82) is 0 Å². The largest absolute Gasteiger partial charge is 0.313 e. The molecular formula is C15H24BrN. The molecule has 0 radical (unpaired) electrons. The molecule has 17 heavy (non-hydrogen) atoms. The maximum Gasteiger partial charge on any atom is 0.0320 e. The first-order valence-electron chi connectivity index (χ1n) is 6.45. The molecule has 2 heteroatoms. The molecule has 1 nitrogen and oxygen atoms in total. The van der Waals surface area contributed by atoms with Gasteiger partial charge < -0.3 is 5.32 Å². The van der Waals surface area contributed by atoms with Gasteiger partial charge in [-0.3, -0.25) is 0 Å².